The lowest BCUT2D eigenvalue weighted by atomic mass is 10.2. The number of ether oxygens (including phenoxy) is 1. The van der Waals surface area contributed by atoms with Gasteiger partial charge in [0.2, 0.25) is 5.82 Å². The Morgan fingerprint density at radius 3 is 2.79 bits per heavy atom. The Morgan fingerprint density at radius 2 is 2.08 bits per heavy atom. The van der Waals surface area contributed by atoms with E-state index in [1.54, 1.807) is 18.2 Å². The summed E-state index contributed by atoms with van der Waals surface area (Å²) in [5, 5.41) is 26.0. The van der Waals surface area contributed by atoms with Crippen LogP contribution in [-0.2, 0) is 0 Å². The highest BCUT2D eigenvalue weighted by Gasteiger charge is 2.08. The van der Waals surface area contributed by atoms with Crippen molar-refractivity contribution in [3.63, 3.8) is 0 Å². The smallest absolute Gasteiger partial charge is 0.216 e. The molecule has 3 aromatic rings. The maximum Gasteiger partial charge on any atom is 0.216 e. The number of hydrogen-bond acceptors (Lipinski definition) is 6. The van der Waals surface area contributed by atoms with Crippen molar-refractivity contribution in [3.8, 4) is 17.6 Å². The van der Waals surface area contributed by atoms with Gasteiger partial charge in [0.1, 0.15) is 17.4 Å². The molecule has 0 aliphatic rings. The third-order valence-electron chi connectivity index (χ3n) is 2.99. The predicted octanol–water partition coefficient (Wildman–Crippen LogP) is 3.62. The summed E-state index contributed by atoms with van der Waals surface area (Å²) < 4.78 is 5.84. The van der Waals surface area contributed by atoms with Crippen molar-refractivity contribution in [1.82, 2.24) is 20.6 Å². The molecule has 0 amide bonds. The van der Waals surface area contributed by atoms with Gasteiger partial charge in [0.15, 0.2) is 5.75 Å². The van der Waals surface area contributed by atoms with Gasteiger partial charge in [0, 0.05) is 11.2 Å². The average molecular weight is 339 g/mol. The zero-order valence-corrected chi connectivity index (χ0v) is 13.0. The molecule has 0 unspecified atom stereocenters. The number of para-hydroxylation sites is 1. The van der Waals surface area contributed by atoms with Crippen LogP contribution in [0.5, 0.6) is 11.5 Å². The minimum Gasteiger partial charge on any atom is -0.455 e. The Bertz CT molecular complexity index is 887. The standard InChI is InChI=1S/C16H11ClN6O/c17-12-6-7-15(24-13-4-2-1-3-5-13)14(8-12)19-10-11(9-18)16-20-22-23-21-16/h1-8,10,19H,(H,20,21,22,23). The monoisotopic (exact) mass is 338 g/mol. The van der Waals surface area contributed by atoms with Crippen LogP contribution < -0.4 is 10.1 Å². The maximum absolute atomic E-state index is 9.20. The number of allylic oxidation sites excluding steroid dienone is 1. The zero-order valence-electron chi connectivity index (χ0n) is 12.3. The number of aromatic nitrogens is 4. The molecule has 0 aliphatic carbocycles. The van der Waals surface area contributed by atoms with E-state index in [0.29, 0.717) is 22.2 Å². The van der Waals surface area contributed by atoms with Crippen molar-refractivity contribution >= 4 is 22.9 Å². The molecule has 0 fully saturated rings. The van der Waals surface area contributed by atoms with Gasteiger partial charge in [-0.15, -0.1) is 10.2 Å². The van der Waals surface area contributed by atoms with Gasteiger partial charge >= 0.3 is 0 Å². The largest absolute Gasteiger partial charge is 0.455 e. The Kier molecular flexibility index (Phi) is 4.70. The Balaban J connectivity index is 1.87. The first-order valence-corrected chi connectivity index (χ1v) is 7.27. The molecule has 0 bridgehead atoms. The summed E-state index contributed by atoms with van der Waals surface area (Å²) >= 11 is 6.05. The first-order chi connectivity index (χ1) is 11.8. The van der Waals surface area contributed by atoms with Crippen LogP contribution in [0.3, 0.4) is 0 Å². The van der Waals surface area contributed by atoms with Gasteiger partial charge in [-0.1, -0.05) is 29.8 Å². The van der Waals surface area contributed by atoms with Crippen LogP contribution in [0.25, 0.3) is 5.57 Å². The molecule has 2 aromatic carbocycles. The van der Waals surface area contributed by atoms with E-state index in [4.69, 9.17) is 16.3 Å². The summed E-state index contributed by atoms with van der Waals surface area (Å²) in [7, 11) is 0. The van der Waals surface area contributed by atoms with Gasteiger partial charge in [0.05, 0.1) is 5.69 Å². The zero-order chi connectivity index (χ0) is 16.8. The summed E-state index contributed by atoms with van der Waals surface area (Å²) in [6.45, 7) is 0. The molecule has 3 rings (SSSR count). The highest BCUT2D eigenvalue weighted by Crippen LogP contribution is 2.32. The molecule has 2 N–H and O–H groups in total. The molecule has 118 valence electrons. The van der Waals surface area contributed by atoms with Crippen LogP contribution in [0, 0.1) is 11.3 Å². The fourth-order valence-electron chi connectivity index (χ4n) is 1.89. The van der Waals surface area contributed by atoms with Crippen molar-refractivity contribution in [2.75, 3.05) is 5.32 Å². The maximum atomic E-state index is 9.20. The first-order valence-electron chi connectivity index (χ1n) is 6.89. The first kappa shape index (κ1) is 15.5. The molecule has 1 heterocycles. The summed E-state index contributed by atoms with van der Waals surface area (Å²) in [4.78, 5) is 0. The second kappa shape index (κ2) is 7.26. The molecule has 0 saturated heterocycles. The molecule has 0 radical (unpaired) electrons. The third-order valence-corrected chi connectivity index (χ3v) is 3.23. The number of nitrogens with zero attached hydrogens (tertiary/aromatic N) is 4. The number of nitriles is 1. The number of rotatable bonds is 5. The average Bonchev–Trinajstić information content (AvgIpc) is 3.13. The number of tetrazole rings is 1. The number of H-pyrrole nitrogens is 1. The predicted molar refractivity (Wildman–Crippen MR) is 89.4 cm³/mol. The van der Waals surface area contributed by atoms with Crippen LogP contribution in [0.15, 0.2) is 54.7 Å². The Labute approximate surface area is 142 Å². The van der Waals surface area contributed by atoms with E-state index in [1.807, 2.05) is 36.4 Å². The SMILES string of the molecule is N#CC(=CNc1cc(Cl)ccc1Oc1ccccc1)c1nn[nH]n1. The highest BCUT2D eigenvalue weighted by molar-refractivity contribution is 6.30. The summed E-state index contributed by atoms with van der Waals surface area (Å²) in [5.74, 6) is 1.44. The second-order valence-corrected chi connectivity index (χ2v) is 5.04. The molecule has 0 spiro atoms. The molecule has 0 saturated carbocycles. The van der Waals surface area contributed by atoms with Crippen molar-refractivity contribution in [3.05, 3.63) is 65.6 Å². The van der Waals surface area contributed by atoms with E-state index in [9.17, 15) is 5.26 Å². The number of benzene rings is 2. The lowest BCUT2D eigenvalue weighted by molar-refractivity contribution is 0.485. The quantitative estimate of drug-likeness (QED) is 0.689. The molecular formula is C16H11ClN6O. The van der Waals surface area contributed by atoms with Gasteiger partial charge in [-0.25, -0.2) is 0 Å². The Morgan fingerprint density at radius 1 is 1.25 bits per heavy atom. The van der Waals surface area contributed by atoms with Crippen molar-refractivity contribution in [1.29, 1.82) is 5.26 Å². The molecular weight excluding hydrogens is 328 g/mol. The van der Waals surface area contributed by atoms with E-state index in [0.717, 1.165) is 0 Å². The van der Waals surface area contributed by atoms with Crippen LogP contribution in [0.4, 0.5) is 5.69 Å². The fourth-order valence-corrected chi connectivity index (χ4v) is 2.06. The van der Waals surface area contributed by atoms with Gasteiger partial charge in [-0.05, 0) is 35.5 Å². The van der Waals surface area contributed by atoms with Gasteiger partial charge < -0.3 is 10.1 Å². The van der Waals surface area contributed by atoms with Gasteiger partial charge in [0.25, 0.3) is 0 Å². The van der Waals surface area contributed by atoms with E-state index in [2.05, 4.69) is 25.9 Å². The molecule has 24 heavy (non-hydrogen) atoms. The topological polar surface area (TPSA) is 99.5 Å². The normalized spacial score (nSPS) is 10.9. The fraction of sp³-hybridized carbons (Fsp3) is 0. The van der Waals surface area contributed by atoms with E-state index < -0.39 is 0 Å². The van der Waals surface area contributed by atoms with Gasteiger partial charge in [-0.3, -0.25) is 0 Å². The van der Waals surface area contributed by atoms with Gasteiger partial charge in [-0.2, -0.15) is 10.5 Å². The molecule has 7 nitrogen and oxygen atoms in total. The number of anilines is 1. The minimum absolute atomic E-state index is 0.192. The van der Waals surface area contributed by atoms with Crippen molar-refractivity contribution < 1.29 is 4.74 Å². The van der Waals surface area contributed by atoms with Crippen LogP contribution in [0.2, 0.25) is 5.02 Å². The summed E-state index contributed by atoms with van der Waals surface area (Å²) in [5.41, 5.74) is 0.817. The van der Waals surface area contributed by atoms with E-state index >= 15 is 0 Å². The molecule has 0 aliphatic heterocycles. The molecule has 1 aromatic heterocycles. The van der Waals surface area contributed by atoms with Crippen LogP contribution >= 0.6 is 11.6 Å². The molecule has 8 heteroatoms. The number of nitrogens with one attached hydrogen (secondary N) is 2. The number of halogens is 1. The van der Waals surface area contributed by atoms with E-state index in [1.165, 1.54) is 6.20 Å². The third kappa shape index (κ3) is 3.69. The molecule has 0 atom stereocenters. The van der Waals surface area contributed by atoms with Crippen LogP contribution in [-0.4, -0.2) is 20.6 Å². The number of hydrogen-bond donors (Lipinski definition) is 2. The summed E-state index contributed by atoms with van der Waals surface area (Å²) in [6.07, 6.45) is 1.47. The van der Waals surface area contributed by atoms with Crippen LogP contribution in [0.1, 0.15) is 5.82 Å². The lowest BCUT2D eigenvalue weighted by Gasteiger charge is -2.11. The van der Waals surface area contributed by atoms with Crippen molar-refractivity contribution in [2.24, 2.45) is 0 Å². The second-order valence-electron chi connectivity index (χ2n) is 4.61. The minimum atomic E-state index is 0.192. The highest BCUT2D eigenvalue weighted by atomic mass is 35.5. The van der Waals surface area contributed by atoms with Crippen molar-refractivity contribution in [2.45, 2.75) is 0 Å². The Hall–Kier alpha value is -3.37. The van der Waals surface area contributed by atoms with E-state index in [-0.39, 0.29) is 11.4 Å². The summed E-state index contributed by atoms with van der Waals surface area (Å²) in [6, 6.07) is 16.5. The number of aromatic amines is 1. The lowest BCUT2D eigenvalue weighted by Crippen LogP contribution is -1.96.